The summed E-state index contributed by atoms with van der Waals surface area (Å²) in [6.07, 6.45) is 5.84. The smallest absolute Gasteiger partial charge is 0.373 e. The monoisotopic (exact) mass is 925 g/mol. The molecule has 8 bridgehead atoms. The maximum Gasteiger partial charge on any atom is 0.479 e. The second-order valence-electron chi connectivity index (χ2n) is 19.4. The van der Waals surface area contributed by atoms with Crippen LogP contribution in [0.4, 0.5) is 0 Å². The van der Waals surface area contributed by atoms with E-state index in [0.717, 1.165) is 0 Å². The molecular formula is C34H71NO13Si8. The van der Waals surface area contributed by atoms with Gasteiger partial charge in [0.25, 0.3) is 5.91 Å². The number of rotatable bonds is 18. The van der Waals surface area contributed by atoms with Crippen molar-refractivity contribution in [3.63, 3.8) is 0 Å². The molecule has 0 radical (unpaired) electrons. The highest BCUT2D eigenvalue weighted by Gasteiger charge is 2.83. The summed E-state index contributed by atoms with van der Waals surface area (Å²) in [6.45, 7) is 30.2. The van der Waals surface area contributed by atoms with E-state index in [9.17, 15) is 4.79 Å². The van der Waals surface area contributed by atoms with Crippen LogP contribution < -0.4 is 5.32 Å². The maximum absolute atomic E-state index is 12.2. The highest BCUT2D eigenvalue weighted by molar-refractivity contribution is 7.03. The average molecular weight is 927 g/mol. The predicted octanol–water partition coefficient (Wildman–Crippen LogP) is 7.50. The van der Waals surface area contributed by atoms with Crippen molar-refractivity contribution in [1.29, 1.82) is 0 Å². The van der Waals surface area contributed by atoms with Crippen molar-refractivity contribution in [2.75, 3.05) is 6.54 Å². The van der Waals surface area contributed by atoms with Crippen molar-refractivity contribution in [2.45, 2.75) is 152 Å². The van der Waals surface area contributed by atoms with E-state index in [1.54, 1.807) is 0 Å². The maximum atomic E-state index is 12.2. The van der Waals surface area contributed by atoms with Crippen LogP contribution in [0.25, 0.3) is 0 Å². The van der Waals surface area contributed by atoms with Gasteiger partial charge < -0.3 is 54.7 Å². The van der Waals surface area contributed by atoms with Crippen LogP contribution in [0.5, 0.6) is 0 Å². The minimum Gasteiger partial charge on any atom is -0.373 e. The van der Waals surface area contributed by atoms with E-state index in [1.165, 1.54) is 0 Å². The topological polar surface area (TPSA) is 140 Å². The fourth-order valence-electron chi connectivity index (χ4n) is 8.43. The summed E-state index contributed by atoms with van der Waals surface area (Å²) in [7, 11) is -31.8. The summed E-state index contributed by atoms with van der Waals surface area (Å²) in [4.78, 5) is 12.2. The fraction of sp³-hybridized carbons (Fsp3) is 0.912. The van der Waals surface area contributed by atoms with Crippen molar-refractivity contribution in [3.05, 3.63) is 0 Å². The van der Waals surface area contributed by atoms with Gasteiger partial charge in [0.1, 0.15) is 0 Å². The zero-order chi connectivity index (χ0) is 41.6. The first kappa shape index (κ1) is 47.3. The standard InChI is InChI=1S/C34H71NO13Si8/c1-16-34(36)35-18-17-19-49-37-50(20-27(2)3)40-53(23-30(8)9)42-51(38-49,21-28(4)5)44-55(25-32(12)13)45-52(39-49,22-29(6)7)43-54(41-50,24-31(10)11)47-56(46-53,48-55)26-33(14)15/h1,27-33H,17-26H2,2-15H3,(H,35,36). The van der Waals surface area contributed by atoms with Crippen LogP contribution in [0.3, 0.4) is 0 Å². The Bertz CT molecular complexity index is 1280. The molecule has 6 rings (SSSR count). The lowest BCUT2D eigenvalue weighted by atomic mass is 10.3. The third kappa shape index (κ3) is 11.2. The third-order valence-electron chi connectivity index (χ3n) is 9.42. The molecular weight excluding hydrogens is 855 g/mol. The number of hydrogen-bond acceptors (Lipinski definition) is 13. The Hall–Kier alpha value is 0.285. The van der Waals surface area contributed by atoms with Gasteiger partial charge in [0.15, 0.2) is 0 Å². The van der Waals surface area contributed by atoms with Gasteiger partial charge in [0.2, 0.25) is 0 Å². The van der Waals surface area contributed by atoms with Crippen LogP contribution in [0.2, 0.25) is 48.4 Å². The van der Waals surface area contributed by atoms with Crippen molar-refractivity contribution in [3.8, 4) is 12.3 Å². The predicted molar refractivity (Wildman–Crippen MR) is 228 cm³/mol. The van der Waals surface area contributed by atoms with Gasteiger partial charge in [-0.25, -0.2) is 0 Å². The molecule has 0 aromatic carbocycles. The molecule has 56 heavy (non-hydrogen) atoms. The number of terminal acetylenes is 1. The van der Waals surface area contributed by atoms with Crippen molar-refractivity contribution >= 4 is 76.3 Å². The summed E-state index contributed by atoms with van der Waals surface area (Å²) in [5.41, 5.74) is 0. The van der Waals surface area contributed by atoms with Gasteiger partial charge in [-0.2, -0.15) is 0 Å². The molecule has 22 heteroatoms. The van der Waals surface area contributed by atoms with E-state index in [-0.39, 0.29) is 54.0 Å². The number of amides is 1. The highest BCUT2D eigenvalue weighted by atomic mass is 28.6. The molecule has 322 valence electrons. The Morgan fingerprint density at radius 3 is 0.786 bits per heavy atom. The first-order valence-electron chi connectivity index (χ1n) is 21.0. The Morgan fingerprint density at radius 2 is 0.607 bits per heavy atom. The molecule has 14 nitrogen and oxygen atoms in total. The van der Waals surface area contributed by atoms with E-state index >= 15 is 0 Å². The summed E-state index contributed by atoms with van der Waals surface area (Å²) in [6, 6.07) is 3.36. The molecule has 0 unspecified atom stereocenters. The molecule has 0 aromatic heterocycles. The lowest BCUT2D eigenvalue weighted by molar-refractivity contribution is -0.115. The zero-order valence-electron chi connectivity index (χ0n) is 36.5. The third-order valence-corrected chi connectivity index (χ3v) is 49.5. The molecule has 6 heterocycles. The van der Waals surface area contributed by atoms with Gasteiger partial charge in [-0.3, -0.25) is 4.79 Å². The number of carbonyl (C=O) groups is 1. The zero-order valence-corrected chi connectivity index (χ0v) is 44.5. The van der Waals surface area contributed by atoms with Gasteiger partial charge in [-0.05, 0) is 53.8 Å². The quantitative estimate of drug-likeness (QED) is 0.0826. The highest BCUT2D eigenvalue weighted by Crippen LogP contribution is 2.55. The largest absolute Gasteiger partial charge is 0.479 e. The molecule has 6 saturated heterocycles. The molecule has 1 amide bonds. The Morgan fingerprint density at radius 1 is 0.411 bits per heavy atom. The number of nitrogens with one attached hydrogen (secondary N) is 1. The van der Waals surface area contributed by atoms with Crippen molar-refractivity contribution < 1.29 is 54.2 Å². The minimum absolute atomic E-state index is 0.0710. The van der Waals surface area contributed by atoms with Crippen molar-refractivity contribution in [1.82, 2.24) is 5.32 Å². The molecule has 0 saturated carbocycles. The number of carbonyl (C=O) groups excluding carboxylic acids is 1. The fourth-order valence-corrected chi connectivity index (χ4v) is 60.0. The molecule has 1 N–H and O–H groups in total. The van der Waals surface area contributed by atoms with E-state index < -0.39 is 76.3 Å². The molecule has 0 aliphatic carbocycles. The van der Waals surface area contributed by atoms with Gasteiger partial charge in [-0.15, -0.1) is 6.42 Å². The first-order valence-corrected chi connectivity index (χ1v) is 36.5. The average Bonchev–Trinajstić information content (AvgIpc) is 2.92. The molecule has 0 aromatic rings. The van der Waals surface area contributed by atoms with Gasteiger partial charge in [0, 0.05) is 54.9 Å². The number of hydrogen-bond donors (Lipinski definition) is 1. The summed E-state index contributed by atoms with van der Waals surface area (Å²) in [5.74, 6) is 2.25. The van der Waals surface area contributed by atoms with E-state index in [1.807, 2.05) is 0 Å². The van der Waals surface area contributed by atoms with Gasteiger partial charge in [0.05, 0.1) is 0 Å². The van der Waals surface area contributed by atoms with Crippen LogP contribution in [0.15, 0.2) is 0 Å². The normalized spacial score (nSPS) is 39.4. The van der Waals surface area contributed by atoms with E-state index in [4.69, 9.17) is 55.8 Å². The van der Waals surface area contributed by atoms with Gasteiger partial charge >= 0.3 is 70.4 Å². The molecule has 6 fully saturated rings. The Labute approximate surface area is 346 Å². The van der Waals surface area contributed by atoms with E-state index in [2.05, 4.69) is 108 Å². The van der Waals surface area contributed by atoms with E-state index in [0.29, 0.717) is 48.7 Å². The van der Waals surface area contributed by atoms with Crippen molar-refractivity contribution in [2.24, 2.45) is 41.4 Å². The van der Waals surface area contributed by atoms with Crippen LogP contribution >= 0.6 is 0 Å². The Balaban J connectivity index is 1.92. The van der Waals surface area contributed by atoms with Crippen LogP contribution in [0.1, 0.15) is 103 Å². The minimum atomic E-state index is -4.07. The Kier molecular flexibility index (Phi) is 14.9. The first-order chi connectivity index (χ1) is 25.9. The van der Waals surface area contributed by atoms with Gasteiger partial charge in [-0.1, -0.05) is 96.9 Å². The summed E-state index contributed by atoms with van der Waals surface area (Å²) >= 11 is 0. The molecule has 0 atom stereocenters. The second-order valence-corrected chi connectivity index (χ2v) is 43.5. The van der Waals surface area contributed by atoms with Crippen LogP contribution in [0, 0.1) is 53.8 Å². The van der Waals surface area contributed by atoms with Crippen LogP contribution in [-0.4, -0.2) is 82.9 Å². The summed E-state index contributed by atoms with van der Waals surface area (Å²) < 4.78 is 92.7. The molecule has 6 aliphatic rings. The lowest BCUT2D eigenvalue weighted by Crippen LogP contribution is -2.88. The summed E-state index contributed by atoms with van der Waals surface area (Å²) in [5, 5.41) is 2.81. The SMILES string of the molecule is C#CC(=O)NCCC[Si]12O[Si]3(CC(C)C)O[Si]4(CC(C)C)O[Si](CC(C)C)(O1)O[Si]1(CC(C)C)O[Si](CC(C)C)(O2)O[Si](CC(C)C)(O3)O[Si](CC(C)C)(O4)O1. The molecule has 6 aliphatic heterocycles. The second kappa shape index (κ2) is 17.6. The lowest BCUT2D eigenvalue weighted by Gasteiger charge is -2.64. The molecule has 0 spiro atoms. The van der Waals surface area contributed by atoms with Crippen LogP contribution in [-0.2, 0) is 54.2 Å².